The molecule has 0 aromatic carbocycles. The van der Waals surface area contributed by atoms with Gasteiger partial charge in [0.05, 0.1) is 32.8 Å². The molecule has 7 nitrogen and oxygen atoms in total. The third-order valence-electron chi connectivity index (χ3n) is 2.91. The van der Waals surface area contributed by atoms with Crippen LogP contribution in [0, 0.1) is 0 Å². The number of nitrogens with zero attached hydrogens (tertiary/aromatic N) is 1. The molecule has 1 fully saturated rings. The van der Waals surface area contributed by atoms with Crippen LogP contribution >= 0.6 is 0 Å². The molecule has 0 aliphatic carbocycles. The highest BCUT2D eigenvalue weighted by molar-refractivity contribution is 5.86. The van der Waals surface area contributed by atoms with Gasteiger partial charge in [-0.25, -0.2) is 0 Å². The molecule has 1 aliphatic heterocycles. The molecule has 1 rings (SSSR count). The van der Waals surface area contributed by atoms with Crippen LogP contribution in [0.3, 0.4) is 0 Å². The van der Waals surface area contributed by atoms with E-state index >= 15 is 0 Å². The topological polar surface area (TPSA) is 84.9 Å². The second kappa shape index (κ2) is 5.34. The number of rotatable bonds is 4. The Labute approximate surface area is 105 Å². The SMILES string of the molecule is COC(=O)CC(C(=O)OC)N1CC(=O)NC1(C)C. The van der Waals surface area contributed by atoms with Crippen LogP contribution in [0.15, 0.2) is 0 Å². The minimum Gasteiger partial charge on any atom is -0.469 e. The van der Waals surface area contributed by atoms with E-state index in [0.29, 0.717) is 0 Å². The Morgan fingerprint density at radius 2 is 2.00 bits per heavy atom. The van der Waals surface area contributed by atoms with Gasteiger partial charge in [-0.05, 0) is 13.8 Å². The molecule has 1 unspecified atom stereocenters. The van der Waals surface area contributed by atoms with Crippen molar-refractivity contribution in [1.82, 2.24) is 10.2 Å². The molecule has 1 atom stereocenters. The molecule has 0 bridgehead atoms. The highest BCUT2D eigenvalue weighted by Gasteiger charge is 2.44. The molecule has 1 saturated heterocycles. The molecule has 0 aromatic heterocycles. The summed E-state index contributed by atoms with van der Waals surface area (Å²) in [5.41, 5.74) is -0.704. The van der Waals surface area contributed by atoms with Crippen molar-refractivity contribution >= 4 is 17.8 Å². The lowest BCUT2D eigenvalue weighted by Crippen LogP contribution is -2.54. The maximum atomic E-state index is 11.7. The zero-order valence-corrected chi connectivity index (χ0v) is 11.0. The van der Waals surface area contributed by atoms with Crippen LogP contribution in [0.2, 0.25) is 0 Å². The van der Waals surface area contributed by atoms with Gasteiger partial charge < -0.3 is 14.8 Å². The van der Waals surface area contributed by atoms with E-state index in [4.69, 9.17) is 0 Å². The van der Waals surface area contributed by atoms with Crippen molar-refractivity contribution in [2.75, 3.05) is 20.8 Å². The summed E-state index contributed by atoms with van der Waals surface area (Å²) >= 11 is 0. The number of carbonyl (C=O) groups is 3. The first kappa shape index (κ1) is 14.4. The average Bonchev–Trinajstić information content (AvgIpc) is 2.57. The number of hydrogen-bond acceptors (Lipinski definition) is 6. The van der Waals surface area contributed by atoms with E-state index in [1.807, 2.05) is 0 Å². The summed E-state index contributed by atoms with van der Waals surface area (Å²) in [6, 6.07) is -0.837. The summed E-state index contributed by atoms with van der Waals surface area (Å²) in [7, 11) is 2.49. The molecule has 1 amide bonds. The molecular formula is C11H18N2O5. The second-order valence-corrected chi connectivity index (χ2v) is 4.55. The van der Waals surface area contributed by atoms with Gasteiger partial charge in [-0.2, -0.15) is 0 Å². The maximum Gasteiger partial charge on any atom is 0.323 e. The van der Waals surface area contributed by atoms with Crippen LogP contribution in [-0.4, -0.2) is 55.2 Å². The van der Waals surface area contributed by atoms with E-state index in [1.54, 1.807) is 18.7 Å². The second-order valence-electron chi connectivity index (χ2n) is 4.55. The number of carbonyl (C=O) groups excluding carboxylic acids is 3. The standard InChI is InChI=1S/C11H18N2O5/c1-11(2)12-8(14)6-13(11)7(10(16)18-4)5-9(15)17-3/h7H,5-6H2,1-4H3,(H,12,14). The first-order valence-electron chi connectivity index (χ1n) is 5.54. The van der Waals surface area contributed by atoms with Gasteiger partial charge in [-0.1, -0.05) is 0 Å². The summed E-state index contributed by atoms with van der Waals surface area (Å²) in [6.07, 6.45) is -0.151. The molecule has 1 heterocycles. The molecular weight excluding hydrogens is 240 g/mol. The van der Waals surface area contributed by atoms with Crippen molar-refractivity contribution in [2.45, 2.75) is 32.0 Å². The van der Waals surface area contributed by atoms with Crippen LogP contribution in [-0.2, 0) is 23.9 Å². The van der Waals surface area contributed by atoms with Crippen LogP contribution in [0.4, 0.5) is 0 Å². The largest absolute Gasteiger partial charge is 0.469 e. The van der Waals surface area contributed by atoms with Crippen LogP contribution < -0.4 is 5.32 Å². The highest BCUT2D eigenvalue weighted by atomic mass is 16.5. The molecule has 7 heteroatoms. The summed E-state index contributed by atoms with van der Waals surface area (Å²) in [5, 5.41) is 2.72. The molecule has 102 valence electrons. The Hall–Kier alpha value is -1.63. The van der Waals surface area contributed by atoms with Crippen LogP contribution in [0.1, 0.15) is 20.3 Å². The van der Waals surface area contributed by atoms with Gasteiger partial charge in [-0.15, -0.1) is 0 Å². The lowest BCUT2D eigenvalue weighted by Gasteiger charge is -2.34. The van der Waals surface area contributed by atoms with Crippen LogP contribution in [0.25, 0.3) is 0 Å². The number of esters is 2. The molecule has 0 aromatic rings. The summed E-state index contributed by atoms with van der Waals surface area (Å²) in [6.45, 7) is 3.56. The summed E-state index contributed by atoms with van der Waals surface area (Å²) in [5.74, 6) is -1.29. The number of hydrogen-bond donors (Lipinski definition) is 1. The van der Waals surface area contributed by atoms with Crippen molar-refractivity contribution in [3.63, 3.8) is 0 Å². The van der Waals surface area contributed by atoms with E-state index in [-0.39, 0.29) is 18.9 Å². The van der Waals surface area contributed by atoms with Gasteiger partial charge in [0.2, 0.25) is 5.91 Å². The smallest absolute Gasteiger partial charge is 0.323 e. The van der Waals surface area contributed by atoms with E-state index < -0.39 is 23.6 Å². The molecule has 0 radical (unpaired) electrons. The number of amides is 1. The van der Waals surface area contributed by atoms with Crippen molar-refractivity contribution in [1.29, 1.82) is 0 Å². The fraction of sp³-hybridized carbons (Fsp3) is 0.727. The zero-order valence-electron chi connectivity index (χ0n) is 11.0. The van der Waals surface area contributed by atoms with Gasteiger partial charge in [0.15, 0.2) is 0 Å². The Kier molecular flexibility index (Phi) is 4.28. The van der Waals surface area contributed by atoms with Crippen molar-refractivity contribution in [3.8, 4) is 0 Å². The molecule has 18 heavy (non-hydrogen) atoms. The Balaban J connectivity index is 2.92. The minimum atomic E-state index is -0.837. The molecule has 0 spiro atoms. The number of ether oxygens (including phenoxy) is 2. The third-order valence-corrected chi connectivity index (χ3v) is 2.91. The summed E-state index contributed by atoms with van der Waals surface area (Å²) < 4.78 is 9.22. The highest BCUT2D eigenvalue weighted by Crippen LogP contribution is 2.22. The predicted molar refractivity (Wildman–Crippen MR) is 61.4 cm³/mol. The number of methoxy groups -OCH3 is 2. The molecule has 1 N–H and O–H groups in total. The van der Waals surface area contributed by atoms with Crippen molar-refractivity contribution < 1.29 is 23.9 Å². The molecule has 1 aliphatic rings. The molecule has 0 saturated carbocycles. The van der Waals surface area contributed by atoms with Gasteiger partial charge in [0.1, 0.15) is 6.04 Å². The van der Waals surface area contributed by atoms with Crippen molar-refractivity contribution in [3.05, 3.63) is 0 Å². The Bertz CT molecular complexity index is 366. The first-order chi connectivity index (χ1) is 8.31. The fourth-order valence-electron chi connectivity index (χ4n) is 2.00. The first-order valence-corrected chi connectivity index (χ1v) is 5.54. The average molecular weight is 258 g/mol. The fourth-order valence-corrected chi connectivity index (χ4v) is 2.00. The van der Waals surface area contributed by atoms with E-state index in [0.717, 1.165) is 0 Å². The summed E-state index contributed by atoms with van der Waals surface area (Å²) in [4.78, 5) is 36.1. The quantitative estimate of drug-likeness (QED) is 0.668. The monoisotopic (exact) mass is 258 g/mol. The third kappa shape index (κ3) is 2.98. The number of nitrogens with one attached hydrogen (secondary N) is 1. The van der Waals surface area contributed by atoms with Crippen LogP contribution in [0.5, 0.6) is 0 Å². The van der Waals surface area contributed by atoms with E-state index in [9.17, 15) is 14.4 Å². The maximum absolute atomic E-state index is 11.7. The Morgan fingerprint density at radius 1 is 1.39 bits per heavy atom. The van der Waals surface area contributed by atoms with Gasteiger partial charge >= 0.3 is 11.9 Å². The Morgan fingerprint density at radius 3 is 2.39 bits per heavy atom. The van der Waals surface area contributed by atoms with Crippen molar-refractivity contribution in [2.24, 2.45) is 0 Å². The van der Waals surface area contributed by atoms with Gasteiger partial charge in [0, 0.05) is 0 Å². The minimum absolute atomic E-state index is 0.0454. The lowest BCUT2D eigenvalue weighted by molar-refractivity contribution is -0.155. The lowest BCUT2D eigenvalue weighted by atomic mass is 10.1. The normalized spacial score (nSPS) is 20.1. The predicted octanol–water partition coefficient (Wildman–Crippen LogP) is -0.741. The van der Waals surface area contributed by atoms with Gasteiger partial charge in [-0.3, -0.25) is 19.3 Å². The van der Waals surface area contributed by atoms with Gasteiger partial charge in [0.25, 0.3) is 0 Å². The van der Waals surface area contributed by atoms with E-state index in [1.165, 1.54) is 14.2 Å². The zero-order chi connectivity index (χ0) is 13.9. The van der Waals surface area contributed by atoms with E-state index in [2.05, 4.69) is 14.8 Å².